The van der Waals surface area contributed by atoms with Crippen LogP contribution in [-0.4, -0.2) is 48.7 Å². The monoisotopic (exact) mass is 347 g/mol. The molecular formula is C17H25N5OS. The highest BCUT2D eigenvalue weighted by molar-refractivity contribution is 8.00. The van der Waals surface area contributed by atoms with Crippen LogP contribution in [0.1, 0.15) is 49.6 Å². The van der Waals surface area contributed by atoms with Crippen LogP contribution in [0, 0.1) is 20.8 Å². The third kappa shape index (κ3) is 3.41. The number of likely N-dealkylation sites (tertiary alicyclic amines) is 1. The van der Waals surface area contributed by atoms with E-state index in [1.807, 2.05) is 32.6 Å². The number of hydrogen-bond donors (Lipinski definition) is 0. The van der Waals surface area contributed by atoms with Gasteiger partial charge in [-0.2, -0.15) is 4.98 Å². The molecular weight excluding hydrogens is 322 g/mol. The molecule has 1 fully saturated rings. The van der Waals surface area contributed by atoms with Crippen LogP contribution in [-0.2, 0) is 4.79 Å². The number of aromatic nitrogens is 4. The number of nitrogens with zero attached hydrogens (tertiary/aromatic N) is 5. The summed E-state index contributed by atoms with van der Waals surface area (Å²) >= 11 is 1.42. The molecule has 7 heteroatoms. The highest BCUT2D eigenvalue weighted by Crippen LogP contribution is 2.24. The molecule has 0 saturated carbocycles. The van der Waals surface area contributed by atoms with Gasteiger partial charge in [0, 0.05) is 24.5 Å². The number of carbonyl (C=O) groups is 1. The van der Waals surface area contributed by atoms with Gasteiger partial charge in [-0.3, -0.25) is 4.79 Å². The topological polar surface area (TPSA) is 63.4 Å². The van der Waals surface area contributed by atoms with Crippen LogP contribution >= 0.6 is 11.8 Å². The molecule has 1 amide bonds. The summed E-state index contributed by atoms with van der Waals surface area (Å²) in [5.74, 6) is 0.797. The number of rotatable bonds is 3. The van der Waals surface area contributed by atoms with Gasteiger partial charge >= 0.3 is 0 Å². The summed E-state index contributed by atoms with van der Waals surface area (Å²) in [5, 5.41) is 4.97. The van der Waals surface area contributed by atoms with Crippen LogP contribution in [0.3, 0.4) is 0 Å². The van der Waals surface area contributed by atoms with Gasteiger partial charge in [0.05, 0.1) is 5.25 Å². The maximum Gasteiger partial charge on any atom is 0.253 e. The standard InChI is InChI=1S/C17H25N5OS/c1-11-12(2)18-16-19-17(20-22(16)13(11)3)24-14(4)15(23)21-9-7-5-6-8-10-21/h14H,5-10H2,1-4H3. The molecule has 0 spiro atoms. The first-order valence-corrected chi connectivity index (χ1v) is 9.51. The molecule has 130 valence electrons. The molecule has 1 unspecified atom stereocenters. The lowest BCUT2D eigenvalue weighted by Crippen LogP contribution is -2.37. The third-order valence-corrected chi connectivity index (χ3v) is 5.73. The number of thioether (sulfide) groups is 1. The molecule has 0 bridgehead atoms. The Kier molecular flexibility index (Phi) is 5.08. The van der Waals surface area contributed by atoms with Crippen molar-refractivity contribution in [1.82, 2.24) is 24.5 Å². The van der Waals surface area contributed by atoms with Crippen molar-refractivity contribution in [3.05, 3.63) is 17.0 Å². The van der Waals surface area contributed by atoms with E-state index < -0.39 is 0 Å². The molecule has 6 nitrogen and oxygen atoms in total. The van der Waals surface area contributed by atoms with Crippen LogP contribution < -0.4 is 0 Å². The van der Waals surface area contributed by atoms with Crippen molar-refractivity contribution < 1.29 is 4.79 Å². The van der Waals surface area contributed by atoms with Gasteiger partial charge in [-0.1, -0.05) is 24.6 Å². The second kappa shape index (κ2) is 7.09. The van der Waals surface area contributed by atoms with Crippen molar-refractivity contribution in [2.45, 2.75) is 63.8 Å². The quantitative estimate of drug-likeness (QED) is 0.799. The maximum absolute atomic E-state index is 12.7. The van der Waals surface area contributed by atoms with Gasteiger partial charge in [-0.15, -0.1) is 5.10 Å². The molecule has 0 radical (unpaired) electrons. The minimum Gasteiger partial charge on any atom is -0.342 e. The average Bonchev–Trinajstić information content (AvgIpc) is 2.78. The van der Waals surface area contributed by atoms with Gasteiger partial charge in [0.1, 0.15) is 0 Å². The molecule has 0 aliphatic carbocycles. The predicted molar refractivity (Wildman–Crippen MR) is 95.4 cm³/mol. The molecule has 1 aliphatic rings. The summed E-state index contributed by atoms with van der Waals surface area (Å²) in [6.45, 7) is 9.74. The zero-order chi connectivity index (χ0) is 17.3. The molecule has 3 rings (SSSR count). The van der Waals surface area contributed by atoms with E-state index in [1.165, 1.54) is 24.6 Å². The summed E-state index contributed by atoms with van der Waals surface area (Å²) in [4.78, 5) is 23.7. The van der Waals surface area contributed by atoms with E-state index in [-0.39, 0.29) is 11.2 Å². The summed E-state index contributed by atoms with van der Waals surface area (Å²) in [5.41, 5.74) is 3.14. The highest BCUT2D eigenvalue weighted by atomic mass is 32.2. The minimum atomic E-state index is -0.178. The van der Waals surface area contributed by atoms with E-state index in [9.17, 15) is 4.79 Å². The number of fused-ring (bicyclic) bond motifs is 1. The lowest BCUT2D eigenvalue weighted by atomic mass is 10.2. The molecule has 0 N–H and O–H groups in total. The number of aryl methyl sites for hydroxylation is 2. The van der Waals surface area contributed by atoms with Gasteiger partial charge in [0.2, 0.25) is 11.1 Å². The fraction of sp³-hybridized carbons (Fsp3) is 0.647. The Morgan fingerprint density at radius 1 is 1.08 bits per heavy atom. The summed E-state index contributed by atoms with van der Waals surface area (Å²) in [6, 6.07) is 0. The largest absolute Gasteiger partial charge is 0.342 e. The Balaban J connectivity index is 1.76. The number of amides is 1. The van der Waals surface area contributed by atoms with Gasteiger partial charge in [0.15, 0.2) is 0 Å². The molecule has 1 aliphatic heterocycles. The lowest BCUT2D eigenvalue weighted by Gasteiger charge is -2.23. The van der Waals surface area contributed by atoms with Crippen molar-refractivity contribution in [3.63, 3.8) is 0 Å². The van der Waals surface area contributed by atoms with Crippen LogP contribution in [0.15, 0.2) is 5.16 Å². The van der Waals surface area contributed by atoms with Crippen LogP contribution in [0.5, 0.6) is 0 Å². The second-order valence-electron chi connectivity index (χ2n) is 6.51. The summed E-state index contributed by atoms with van der Waals surface area (Å²) in [6.07, 6.45) is 4.67. The Morgan fingerprint density at radius 2 is 1.75 bits per heavy atom. The second-order valence-corrected chi connectivity index (χ2v) is 7.82. The Hall–Kier alpha value is -1.63. The predicted octanol–water partition coefficient (Wildman–Crippen LogP) is 2.93. The fourth-order valence-electron chi connectivity index (χ4n) is 3.04. The van der Waals surface area contributed by atoms with Crippen LogP contribution in [0.25, 0.3) is 5.78 Å². The van der Waals surface area contributed by atoms with E-state index >= 15 is 0 Å². The minimum absolute atomic E-state index is 0.178. The van der Waals surface area contributed by atoms with Gasteiger partial charge in [-0.05, 0) is 46.1 Å². The number of carbonyl (C=O) groups excluding carboxylic acids is 1. The van der Waals surface area contributed by atoms with E-state index in [0.29, 0.717) is 10.9 Å². The lowest BCUT2D eigenvalue weighted by molar-refractivity contribution is -0.130. The first-order chi connectivity index (χ1) is 11.5. The van der Waals surface area contributed by atoms with Crippen molar-refractivity contribution in [3.8, 4) is 0 Å². The van der Waals surface area contributed by atoms with E-state index in [2.05, 4.69) is 15.1 Å². The van der Waals surface area contributed by atoms with Crippen molar-refractivity contribution >= 4 is 23.4 Å². The molecule has 0 aromatic carbocycles. The summed E-state index contributed by atoms with van der Waals surface area (Å²) in [7, 11) is 0. The molecule has 1 atom stereocenters. The molecule has 2 aromatic rings. The SMILES string of the molecule is Cc1nc2nc(SC(C)C(=O)N3CCCCCC3)nn2c(C)c1C. The van der Waals surface area contributed by atoms with Gasteiger partial charge in [-0.25, -0.2) is 9.50 Å². The Morgan fingerprint density at radius 3 is 2.42 bits per heavy atom. The van der Waals surface area contributed by atoms with Crippen molar-refractivity contribution in [2.24, 2.45) is 0 Å². The number of hydrogen-bond acceptors (Lipinski definition) is 5. The Bertz CT molecular complexity index is 749. The Labute approximate surface area is 147 Å². The van der Waals surface area contributed by atoms with E-state index in [0.717, 1.165) is 42.9 Å². The smallest absolute Gasteiger partial charge is 0.253 e. The molecule has 3 heterocycles. The molecule has 2 aromatic heterocycles. The summed E-state index contributed by atoms with van der Waals surface area (Å²) < 4.78 is 1.77. The fourth-order valence-corrected chi connectivity index (χ4v) is 3.87. The molecule has 24 heavy (non-hydrogen) atoms. The zero-order valence-corrected chi connectivity index (χ0v) is 15.7. The highest BCUT2D eigenvalue weighted by Gasteiger charge is 2.24. The van der Waals surface area contributed by atoms with Crippen LogP contribution in [0.4, 0.5) is 0 Å². The normalized spacial score (nSPS) is 17.1. The average molecular weight is 347 g/mol. The zero-order valence-electron chi connectivity index (χ0n) is 14.9. The van der Waals surface area contributed by atoms with Gasteiger partial charge < -0.3 is 4.90 Å². The van der Waals surface area contributed by atoms with Crippen LogP contribution in [0.2, 0.25) is 0 Å². The first-order valence-electron chi connectivity index (χ1n) is 8.63. The van der Waals surface area contributed by atoms with Gasteiger partial charge in [0.25, 0.3) is 5.78 Å². The first kappa shape index (κ1) is 17.2. The van der Waals surface area contributed by atoms with Crippen molar-refractivity contribution in [1.29, 1.82) is 0 Å². The van der Waals surface area contributed by atoms with Crippen molar-refractivity contribution in [2.75, 3.05) is 13.1 Å². The molecule has 1 saturated heterocycles. The van der Waals surface area contributed by atoms with E-state index in [1.54, 1.807) is 4.52 Å². The maximum atomic E-state index is 12.7. The third-order valence-electron chi connectivity index (χ3n) is 4.79. The van der Waals surface area contributed by atoms with E-state index in [4.69, 9.17) is 0 Å².